The summed E-state index contributed by atoms with van der Waals surface area (Å²) in [6.07, 6.45) is 10.0. The first-order valence-corrected chi connectivity index (χ1v) is 6.93. The van der Waals surface area contributed by atoms with E-state index in [4.69, 9.17) is 5.73 Å². The Bertz CT molecular complexity index is 146. The molecule has 2 radical (unpaired) electrons. The molecule has 1 aliphatic rings. The van der Waals surface area contributed by atoms with Crippen LogP contribution in [0.25, 0.3) is 5.73 Å². The molecule has 6 heteroatoms. The summed E-state index contributed by atoms with van der Waals surface area (Å²) in [6, 6.07) is 0. The predicted octanol–water partition coefficient (Wildman–Crippen LogP) is 4.67. The molecule has 0 bridgehead atoms. The van der Waals surface area contributed by atoms with Crippen LogP contribution in [0.5, 0.6) is 0 Å². The van der Waals surface area contributed by atoms with Gasteiger partial charge in [-0.2, -0.15) is 6.08 Å². The molecular weight excluding hydrogens is 400 g/mol. The molecule has 1 aliphatic carbocycles. The average Bonchev–Trinajstić information content (AvgIpc) is 2.36. The van der Waals surface area contributed by atoms with Crippen molar-refractivity contribution >= 4 is 45.3 Å². The van der Waals surface area contributed by atoms with Gasteiger partial charge in [0.15, 0.2) is 0 Å². The smallest absolute Gasteiger partial charge is 0.0213 e. The van der Waals surface area contributed by atoms with Gasteiger partial charge in [-0.3, -0.25) is 6.08 Å². The zero-order valence-electron chi connectivity index (χ0n) is 14.8. The third kappa shape index (κ3) is 162. The van der Waals surface area contributed by atoms with Crippen LogP contribution in [0.4, 0.5) is 0 Å². The maximum absolute atomic E-state index is 6.94. The number of rotatable bonds is 0. The Kier molecular flexibility index (Phi) is 124. The minimum atomic E-state index is -0.250. The summed E-state index contributed by atoms with van der Waals surface area (Å²) in [5.74, 6) is 0. The molecule has 0 saturated heterocycles. The van der Waals surface area contributed by atoms with Crippen molar-refractivity contribution in [1.82, 2.24) is 0 Å². The number of halogens is 2. The second kappa shape index (κ2) is 42.8. The van der Waals surface area contributed by atoms with E-state index in [0.717, 1.165) is 15.9 Å². The summed E-state index contributed by atoms with van der Waals surface area (Å²) in [6.45, 7) is 9.98. The number of allylic oxidation sites excluding steroid dienone is 4. The molecular formula is C14H36Cl2NSi2Zr-5. The van der Waals surface area contributed by atoms with Crippen LogP contribution in [0.1, 0.15) is 27.2 Å². The molecule has 0 fully saturated rings. The predicted molar refractivity (Wildman–Crippen MR) is 108 cm³/mol. The Balaban J connectivity index is -0.0000000113. The van der Waals surface area contributed by atoms with Crippen molar-refractivity contribution in [2.24, 2.45) is 0 Å². The second-order valence-electron chi connectivity index (χ2n) is 3.83. The van der Waals surface area contributed by atoms with Gasteiger partial charge in [0.05, 0.1) is 0 Å². The van der Waals surface area contributed by atoms with Crippen LogP contribution in [0, 0.1) is 28.4 Å². The molecule has 128 valence electrons. The molecule has 1 nitrogen and oxygen atoms in total. The Labute approximate surface area is 168 Å². The average molecular weight is 437 g/mol. The van der Waals surface area contributed by atoms with Crippen molar-refractivity contribution in [2.75, 3.05) is 0 Å². The Morgan fingerprint density at radius 1 is 1.05 bits per heavy atom. The van der Waals surface area contributed by atoms with E-state index >= 15 is 0 Å². The van der Waals surface area contributed by atoms with Gasteiger partial charge in [0.1, 0.15) is 0 Å². The van der Waals surface area contributed by atoms with Crippen molar-refractivity contribution in [2.45, 2.75) is 45.8 Å². The zero-order valence-corrected chi connectivity index (χ0v) is 22.1. The van der Waals surface area contributed by atoms with Crippen LogP contribution in [-0.2, 0) is 26.2 Å². The Morgan fingerprint density at radius 2 is 1.30 bits per heavy atom. The van der Waals surface area contributed by atoms with Gasteiger partial charge in [-0.25, -0.2) is 12.2 Å². The largest absolute Gasteiger partial charge is 0.673 e. The first kappa shape index (κ1) is 58.0. The molecule has 0 unspecified atom stereocenters. The van der Waals surface area contributed by atoms with Crippen LogP contribution >= 0.6 is 24.8 Å². The van der Waals surface area contributed by atoms with Crippen LogP contribution in [0.2, 0.25) is 13.1 Å². The van der Waals surface area contributed by atoms with Gasteiger partial charge in [-0.15, -0.1) is 36.8 Å². The summed E-state index contributed by atoms with van der Waals surface area (Å²) in [7, 11) is 0.750. The van der Waals surface area contributed by atoms with Crippen molar-refractivity contribution in [3.8, 4) is 0 Å². The van der Waals surface area contributed by atoms with E-state index < -0.39 is 0 Å². The molecule has 0 aromatic carbocycles. The molecule has 1 rings (SSSR count). The number of hydrogen-bond donors (Lipinski definition) is 0. The monoisotopic (exact) mass is 434 g/mol. The number of nitrogens with one attached hydrogen (secondary N) is 1. The quantitative estimate of drug-likeness (QED) is 0.389. The summed E-state index contributed by atoms with van der Waals surface area (Å²) < 4.78 is 0. The molecule has 0 amide bonds. The summed E-state index contributed by atoms with van der Waals surface area (Å²) in [4.78, 5) is 0. The fraction of sp³-hybridized carbons (Fsp3) is 0.500. The minimum Gasteiger partial charge on any atom is -0.673 e. The summed E-state index contributed by atoms with van der Waals surface area (Å²) in [5.41, 5.74) is 6.69. The van der Waals surface area contributed by atoms with Gasteiger partial charge >= 0.3 is 0 Å². The van der Waals surface area contributed by atoms with E-state index in [0.29, 0.717) is 0 Å². The first-order chi connectivity index (χ1) is 5.91. The summed E-state index contributed by atoms with van der Waals surface area (Å²) >= 11 is 0. The van der Waals surface area contributed by atoms with Gasteiger partial charge < -0.3 is 28.0 Å². The van der Waals surface area contributed by atoms with E-state index in [2.05, 4.69) is 25.2 Å². The van der Waals surface area contributed by atoms with Crippen LogP contribution in [0.15, 0.2) is 18.2 Å². The molecule has 1 N–H and O–H groups in total. The van der Waals surface area contributed by atoms with Crippen LogP contribution in [-0.4, -0.2) is 26.0 Å². The van der Waals surface area contributed by atoms with Gasteiger partial charge in [-0.05, 0) is 11.0 Å². The van der Waals surface area contributed by atoms with Gasteiger partial charge in [0.25, 0.3) is 0 Å². The minimum absolute atomic E-state index is 0. The standard InChI is InChI=1S/C5H5.C4H10N.C2H7Si.3CH3.2ClH.H3Si.Zr/c1-2-4-5-3-1;1-4(2,3)5;1-3-2;;;;;;;/h1-3H,4H2;5H,1-3H3;3H,1-2H3;3*1H3;2*1H;1H3;/q2*-1;;3*-1;;;;. The van der Waals surface area contributed by atoms with Gasteiger partial charge in [0, 0.05) is 35.7 Å². The SMILES string of the molecule is CC(C)(C)[NH-].C[SiH]C.Cl.Cl.[C-]1=CC=CC1.[CH3-].[CH3-].[CH3-].[SiH3].[Zr]. The maximum Gasteiger partial charge on any atom is 0.0213 e. The molecule has 0 aliphatic heterocycles. The van der Waals surface area contributed by atoms with E-state index in [9.17, 15) is 0 Å². The Morgan fingerprint density at radius 3 is 1.35 bits per heavy atom. The van der Waals surface area contributed by atoms with Gasteiger partial charge in [-0.1, -0.05) is 33.9 Å². The topological polar surface area (TPSA) is 23.8 Å². The van der Waals surface area contributed by atoms with E-state index in [1.807, 2.05) is 32.9 Å². The molecule has 0 saturated carbocycles. The molecule has 0 aromatic heterocycles. The molecule has 0 spiro atoms. The maximum atomic E-state index is 6.94. The zero-order chi connectivity index (χ0) is 10.7. The van der Waals surface area contributed by atoms with E-state index in [1.165, 1.54) is 0 Å². The van der Waals surface area contributed by atoms with Crippen molar-refractivity contribution in [3.63, 3.8) is 0 Å². The number of hydrogen-bond acceptors (Lipinski definition) is 0. The van der Waals surface area contributed by atoms with Crippen molar-refractivity contribution in [3.05, 3.63) is 52.3 Å². The van der Waals surface area contributed by atoms with Crippen molar-refractivity contribution < 1.29 is 26.2 Å². The molecule has 0 atom stereocenters. The fourth-order valence-electron chi connectivity index (χ4n) is 0.340. The summed E-state index contributed by atoms with van der Waals surface area (Å²) in [5, 5.41) is 0. The van der Waals surface area contributed by atoms with Crippen LogP contribution < -0.4 is 0 Å². The van der Waals surface area contributed by atoms with Crippen LogP contribution in [0.3, 0.4) is 0 Å². The molecule has 0 heterocycles. The molecule has 0 aromatic rings. The fourth-order valence-corrected chi connectivity index (χ4v) is 0.340. The second-order valence-corrected chi connectivity index (χ2v) is 4.99. The first-order valence-electron chi connectivity index (χ1n) is 4.62. The Hall–Kier alpha value is 1.34. The third-order valence-electron chi connectivity index (χ3n) is 0.586. The van der Waals surface area contributed by atoms with E-state index in [1.54, 1.807) is 0 Å². The van der Waals surface area contributed by atoms with Gasteiger partial charge in [0.2, 0.25) is 0 Å². The normalized spacial score (nSPS) is 8.30. The van der Waals surface area contributed by atoms with Crippen molar-refractivity contribution in [1.29, 1.82) is 0 Å². The van der Waals surface area contributed by atoms with E-state index in [-0.39, 0.29) is 89.8 Å². The third-order valence-corrected chi connectivity index (χ3v) is 0.586. The molecule has 20 heavy (non-hydrogen) atoms.